The molecule has 0 unspecified atom stereocenters. The maximum Gasteiger partial charge on any atom is 0.251 e. The molecule has 3 amide bonds. The molecule has 0 aliphatic carbocycles. The second-order valence-corrected chi connectivity index (χ2v) is 7.26. The van der Waals surface area contributed by atoms with E-state index in [4.69, 9.17) is 0 Å². The SMILES string of the molecule is CN(C)Cc1ccccc1CNC(=O)c1ccc(CN2C(=O)CCC2=O)cc1. The summed E-state index contributed by atoms with van der Waals surface area (Å²) in [6.07, 6.45) is 0.573. The normalized spacial score (nSPS) is 14.0. The first-order chi connectivity index (χ1) is 13.4. The number of benzene rings is 2. The van der Waals surface area contributed by atoms with Gasteiger partial charge >= 0.3 is 0 Å². The maximum absolute atomic E-state index is 12.5. The standard InChI is InChI=1S/C22H25N3O3/c1-24(2)15-19-6-4-3-5-18(19)13-23-22(28)17-9-7-16(8-10-17)14-25-20(26)11-12-21(25)27/h3-10H,11-15H2,1-2H3,(H,23,28). The highest BCUT2D eigenvalue weighted by Crippen LogP contribution is 2.16. The summed E-state index contributed by atoms with van der Waals surface area (Å²) in [5.41, 5.74) is 3.65. The second-order valence-electron chi connectivity index (χ2n) is 7.26. The van der Waals surface area contributed by atoms with Gasteiger partial charge in [0.05, 0.1) is 6.54 Å². The van der Waals surface area contributed by atoms with Gasteiger partial charge in [-0.2, -0.15) is 0 Å². The number of amides is 3. The Balaban J connectivity index is 1.60. The third kappa shape index (κ3) is 4.84. The fourth-order valence-electron chi connectivity index (χ4n) is 3.25. The van der Waals surface area contributed by atoms with Crippen molar-refractivity contribution in [2.24, 2.45) is 0 Å². The molecule has 146 valence electrons. The van der Waals surface area contributed by atoms with Crippen LogP contribution < -0.4 is 5.32 Å². The monoisotopic (exact) mass is 379 g/mol. The molecule has 0 saturated carbocycles. The summed E-state index contributed by atoms with van der Waals surface area (Å²) in [6.45, 7) is 1.54. The van der Waals surface area contributed by atoms with E-state index in [1.165, 1.54) is 10.5 Å². The average Bonchev–Trinajstić information content (AvgIpc) is 2.99. The molecule has 6 heteroatoms. The van der Waals surface area contributed by atoms with Gasteiger partial charge in [-0.25, -0.2) is 0 Å². The highest BCUT2D eigenvalue weighted by molar-refractivity contribution is 6.01. The lowest BCUT2D eigenvalue weighted by Crippen LogP contribution is -2.28. The predicted molar refractivity (Wildman–Crippen MR) is 106 cm³/mol. The molecule has 3 rings (SSSR count). The summed E-state index contributed by atoms with van der Waals surface area (Å²) >= 11 is 0. The predicted octanol–water partition coefficient (Wildman–Crippen LogP) is 2.33. The Morgan fingerprint density at radius 1 is 0.964 bits per heavy atom. The summed E-state index contributed by atoms with van der Waals surface area (Å²) < 4.78 is 0. The number of carbonyl (C=O) groups excluding carboxylic acids is 3. The van der Waals surface area contributed by atoms with E-state index in [2.05, 4.69) is 16.3 Å². The molecule has 1 aliphatic heterocycles. The molecule has 6 nitrogen and oxygen atoms in total. The van der Waals surface area contributed by atoms with Crippen LogP contribution in [0, 0.1) is 0 Å². The fourth-order valence-corrected chi connectivity index (χ4v) is 3.25. The van der Waals surface area contributed by atoms with Crippen molar-refractivity contribution in [3.63, 3.8) is 0 Å². The van der Waals surface area contributed by atoms with Gasteiger partial charge in [0.15, 0.2) is 0 Å². The minimum atomic E-state index is -0.153. The molecular weight excluding hydrogens is 354 g/mol. The number of likely N-dealkylation sites (tertiary alicyclic amines) is 1. The van der Waals surface area contributed by atoms with Crippen LogP contribution in [-0.2, 0) is 29.2 Å². The van der Waals surface area contributed by atoms with Crippen molar-refractivity contribution in [1.82, 2.24) is 15.1 Å². The van der Waals surface area contributed by atoms with Crippen molar-refractivity contribution in [2.45, 2.75) is 32.5 Å². The van der Waals surface area contributed by atoms with Crippen molar-refractivity contribution < 1.29 is 14.4 Å². The van der Waals surface area contributed by atoms with Gasteiger partial charge in [-0.05, 0) is 42.9 Å². The van der Waals surface area contributed by atoms with Crippen LogP contribution >= 0.6 is 0 Å². The third-order valence-electron chi connectivity index (χ3n) is 4.76. The van der Waals surface area contributed by atoms with E-state index in [1.54, 1.807) is 24.3 Å². The molecule has 0 radical (unpaired) electrons. The number of hydrogen-bond acceptors (Lipinski definition) is 4. The molecule has 1 saturated heterocycles. The molecule has 2 aromatic rings. The van der Waals surface area contributed by atoms with Gasteiger partial charge in [0.1, 0.15) is 0 Å². The van der Waals surface area contributed by atoms with Crippen molar-refractivity contribution in [3.05, 3.63) is 70.8 Å². The zero-order valence-electron chi connectivity index (χ0n) is 16.3. The zero-order valence-corrected chi connectivity index (χ0v) is 16.3. The van der Waals surface area contributed by atoms with Crippen molar-refractivity contribution in [3.8, 4) is 0 Å². The Kier molecular flexibility index (Phi) is 6.21. The van der Waals surface area contributed by atoms with Crippen LogP contribution in [-0.4, -0.2) is 41.6 Å². The van der Waals surface area contributed by atoms with Gasteiger partial charge in [-0.1, -0.05) is 36.4 Å². The van der Waals surface area contributed by atoms with Gasteiger partial charge in [0.25, 0.3) is 5.91 Å². The first kappa shape index (κ1) is 19.8. The number of rotatable bonds is 7. The maximum atomic E-state index is 12.5. The Hall–Kier alpha value is -2.99. The minimum absolute atomic E-state index is 0.136. The van der Waals surface area contributed by atoms with E-state index in [0.29, 0.717) is 12.1 Å². The van der Waals surface area contributed by atoms with Crippen LogP contribution in [0.5, 0.6) is 0 Å². The minimum Gasteiger partial charge on any atom is -0.348 e. The topological polar surface area (TPSA) is 69.7 Å². The lowest BCUT2D eigenvalue weighted by atomic mass is 10.1. The number of carbonyl (C=O) groups is 3. The lowest BCUT2D eigenvalue weighted by molar-refractivity contribution is -0.139. The molecule has 0 aromatic heterocycles. The molecule has 0 spiro atoms. The van der Waals surface area contributed by atoms with Crippen LogP contribution in [0.2, 0.25) is 0 Å². The molecule has 2 aromatic carbocycles. The first-order valence-electron chi connectivity index (χ1n) is 9.36. The van der Waals surface area contributed by atoms with E-state index in [9.17, 15) is 14.4 Å². The first-order valence-corrected chi connectivity index (χ1v) is 9.36. The Labute approximate surface area is 165 Å². The van der Waals surface area contributed by atoms with Crippen LogP contribution in [0.1, 0.15) is 39.9 Å². The summed E-state index contributed by atoms with van der Waals surface area (Å²) in [7, 11) is 4.03. The van der Waals surface area contributed by atoms with Gasteiger partial charge in [-0.3, -0.25) is 19.3 Å². The van der Waals surface area contributed by atoms with E-state index < -0.39 is 0 Å². The summed E-state index contributed by atoms with van der Waals surface area (Å²) in [5.74, 6) is -0.425. The van der Waals surface area contributed by atoms with Crippen LogP contribution in [0.4, 0.5) is 0 Å². The van der Waals surface area contributed by atoms with Gasteiger partial charge in [-0.15, -0.1) is 0 Å². The number of nitrogens with one attached hydrogen (secondary N) is 1. The van der Waals surface area contributed by atoms with E-state index in [-0.39, 0.29) is 37.1 Å². The average molecular weight is 379 g/mol. The largest absolute Gasteiger partial charge is 0.348 e. The van der Waals surface area contributed by atoms with Gasteiger partial charge < -0.3 is 10.2 Å². The summed E-state index contributed by atoms with van der Waals surface area (Å²) in [4.78, 5) is 39.3. The molecule has 1 aliphatic rings. The van der Waals surface area contributed by atoms with Crippen molar-refractivity contribution >= 4 is 17.7 Å². The van der Waals surface area contributed by atoms with Gasteiger partial charge in [0.2, 0.25) is 11.8 Å². The molecule has 1 heterocycles. The molecule has 0 bridgehead atoms. The lowest BCUT2D eigenvalue weighted by Gasteiger charge is -2.15. The number of hydrogen-bond donors (Lipinski definition) is 1. The smallest absolute Gasteiger partial charge is 0.251 e. The van der Waals surface area contributed by atoms with Gasteiger partial charge in [0, 0.05) is 31.5 Å². The summed E-state index contributed by atoms with van der Waals surface area (Å²) in [5, 5.41) is 2.96. The Bertz CT molecular complexity index is 859. The highest BCUT2D eigenvalue weighted by atomic mass is 16.2. The molecular formula is C22H25N3O3. The Morgan fingerprint density at radius 3 is 2.18 bits per heavy atom. The molecule has 0 atom stereocenters. The number of imide groups is 1. The van der Waals surface area contributed by atoms with Crippen LogP contribution in [0.15, 0.2) is 48.5 Å². The zero-order chi connectivity index (χ0) is 20.1. The van der Waals surface area contributed by atoms with E-state index in [1.807, 2.05) is 32.3 Å². The van der Waals surface area contributed by atoms with Crippen LogP contribution in [0.25, 0.3) is 0 Å². The number of nitrogens with zero attached hydrogens (tertiary/aromatic N) is 2. The van der Waals surface area contributed by atoms with E-state index >= 15 is 0 Å². The van der Waals surface area contributed by atoms with Crippen molar-refractivity contribution in [2.75, 3.05) is 14.1 Å². The van der Waals surface area contributed by atoms with E-state index in [0.717, 1.165) is 17.7 Å². The second kappa shape index (κ2) is 8.80. The third-order valence-corrected chi connectivity index (χ3v) is 4.76. The Morgan fingerprint density at radius 2 is 1.57 bits per heavy atom. The molecule has 1 N–H and O–H groups in total. The highest BCUT2D eigenvalue weighted by Gasteiger charge is 2.28. The van der Waals surface area contributed by atoms with Crippen molar-refractivity contribution in [1.29, 1.82) is 0 Å². The summed E-state index contributed by atoms with van der Waals surface area (Å²) in [6, 6.07) is 15.1. The molecule has 1 fully saturated rings. The quantitative estimate of drug-likeness (QED) is 0.750. The fraction of sp³-hybridized carbons (Fsp3) is 0.318. The molecule has 28 heavy (non-hydrogen) atoms. The van der Waals surface area contributed by atoms with Crippen LogP contribution in [0.3, 0.4) is 0 Å².